The zero-order valence-corrected chi connectivity index (χ0v) is 8.60. The van der Waals surface area contributed by atoms with Gasteiger partial charge in [-0.2, -0.15) is 0 Å². The zero-order chi connectivity index (χ0) is 10.2. The van der Waals surface area contributed by atoms with Crippen LogP contribution in [0.5, 0.6) is 5.75 Å². The predicted octanol–water partition coefficient (Wildman–Crippen LogP) is 0.894. The molecule has 0 aliphatic carbocycles. The predicted molar refractivity (Wildman–Crippen MR) is 53.5 cm³/mol. The molecule has 0 aromatic heterocycles. The third-order valence-electron chi connectivity index (χ3n) is 2.22. The van der Waals surface area contributed by atoms with Crippen molar-refractivity contribution in [3.05, 3.63) is 18.2 Å². The molecule has 0 radical (unpaired) electrons. The van der Waals surface area contributed by atoms with Gasteiger partial charge in [0.1, 0.15) is 5.75 Å². The molecule has 1 aromatic carbocycles. The number of methoxy groups -OCH3 is 1. The number of para-hydroxylation sites is 1. The first kappa shape index (κ1) is 9.33. The summed E-state index contributed by atoms with van der Waals surface area (Å²) in [6.45, 7) is 0.440. The van der Waals surface area contributed by atoms with E-state index in [-0.39, 0.29) is 5.75 Å². The van der Waals surface area contributed by atoms with Gasteiger partial charge in [-0.15, -0.1) is 0 Å². The first-order chi connectivity index (χ1) is 6.65. The number of benzene rings is 1. The summed E-state index contributed by atoms with van der Waals surface area (Å²) in [6.07, 6.45) is 0. The summed E-state index contributed by atoms with van der Waals surface area (Å²) in [5.74, 6) is 0.721. The second kappa shape index (κ2) is 3.16. The van der Waals surface area contributed by atoms with Crippen molar-refractivity contribution in [3.8, 4) is 5.75 Å². The van der Waals surface area contributed by atoms with Gasteiger partial charge in [0.15, 0.2) is 9.84 Å². The number of hydrogen-bond acceptors (Lipinski definition) is 4. The van der Waals surface area contributed by atoms with Gasteiger partial charge in [0, 0.05) is 6.54 Å². The standard InChI is InChI=1S/C9H11NO3S/c1-13-7-3-2-4-8-9(7)10-5-6-14(8,11)12/h2-4,10H,5-6H2,1H3. The van der Waals surface area contributed by atoms with E-state index < -0.39 is 9.84 Å². The molecule has 1 heterocycles. The molecule has 0 unspecified atom stereocenters. The van der Waals surface area contributed by atoms with Crippen LogP contribution in [-0.4, -0.2) is 27.8 Å². The third-order valence-corrected chi connectivity index (χ3v) is 3.97. The first-order valence-electron chi connectivity index (χ1n) is 4.29. The normalized spacial score (nSPS) is 18.1. The van der Waals surface area contributed by atoms with E-state index in [9.17, 15) is 8.42 Å². The summed E-state index contributed by atoms with van der Waals surface area (Å²) in [7, 11) is -1.59. The van der Waals surface area contributed by atoms with Gasteiger partial charge in [0.25, 0.3) is 0 Å². The maximum atomic E-state index is 11.6. The van der Waals surface area contributed by atoms with E-state index in [1.165, 1.54) is 7.11 Å². The maximum absolute atomic E-state index is 11.6. The molecule has 0 saturated heterocycles. The van der Waals surface area contributed by atoms with Crippen LogP contribution < -0.4 is 10.1 Å². The van der Waals surface area contributed by atoms with Gasteiger partial charge in [-0.25, -0.2) is 8.42 Å². The average molecular weight is 213 g/mol. The molecule has 1 aliphatic rings. The van der Waals surface area contributed by atoms with Crippen molar-refractivity contribution >= 4 is 15.5 Å². The van der Waals surface area contributed by atoms with Crippen LogP contribution in [-0.2, 0) is 9.84 Å². The van der Waals surface area contributed by atoms with Crippen molar-refractivity contribution in [2.24, 2.45) is 0 Å². The monoisotopic (exact) mass is 213 g/mol. The number of nitrogens with one attached hydrogen (secondary N) is 1. The molecular formula is C9H11NO3S. The topological polar surface area (TPSA) is 55.4 Å². The molecule has 1 N–H and O–H groups in total. The summed E-state index contributed by atoms with van der Waals surface area (Å²) in [5.41, 5.74) is 0.584. The molecule has 1 aromatic rings. The Morgan fingerprint density at radius 2 is 2.21 bits per heavy atom. The van der Waals surface area contributed by atoms with E-state index >= 15 is 0 Å². The summed E-state index contributed by atoms with van der Waals surface area (Å²) >= 11 is 0. The van der Waals surface area contributed by atoms with E-state index in [1.807, 2.05) is 0 Å². The molecule has 0 spiro atoms. The summed E-state index contributed by atoms with van der Waals surface area (Å²) in [6, 6.07) is 5.02. The lowest BCUT2D eigenvalue weighted by atomic mass is 10.3. The Balaban J connectivity index is 2.67. The van der Waals surface area contributed by atoms with Gasteiger partial charge < -0.3 is 10.1 Å². The number of hydrogen-bond donors (Lipinski definition) is 1. The number of rotatable bonds is 1. The molecular weight excluding hydrogens is 202 g/mol. The van der Waals surface area contributed by atoms with Crippen LogP contribution in [0.2, 0.25) is 0 Å². The van der Waals surface area contributed by atoms with Gasteiger partial charge in [0.2, 0.25) is 0 Å². The van der Waals surface area contributed by atoms with Crippen molar-refractivity contribution in [3.63, 3.8) is 0 Å². The van der Waals surface area contributed by atoms with E-state index in [1.54, 1.807) is 18.2 Å². The van der Waals surface area contributed by atoms with Gasteiger partial charge in [0.05, 0.1) is 23.4 Å². The van der Waals surface area contributed by atoms with Gasteiger partial charge in [-0.1, -0.05) is 6.07 Å². The van der Waals surface area contributed by atoms with E-state index in [0.717, 1.165) is 0 Å². The SMILES string of the molecule is COc1cccc2c1NCCS2(=O)=O. The Kier molecular flexibility index (Phi) is 2.11. The minimum Gasteiger partial charge on any atom is -0.495 e. The molecule has 0 bridgehead atoms. The van der Waals surface area contributed by atoms with Crippen molar-refractivity contribution in [1.82, 2.24) is 0 Å². The van der Waals surface area contributed by atoms with E-state index in [4.69, 9.17) is 4.74 Å². The fourth-order valence-electron chi connectivity index (χ4n) is 1.53. The van der Waals surface area contributed by atoms with Crippen LogP contribution in [0.25, 0.3) is 0 Å². The highest BCUT2D eigenvalue weighted by Gasteiger charge is 2.25. The molecule has 4 nitrogen and oxygen atoms in total. The molecule has 5 heteroatoms. The minimum absolute atomic E-state index is 0.146. The Bertz CT molecular complexity index is 453. The summed E-state index contributed by atoms with van der Waals surface area (Å²) in [4.78, 5) is 0.336. The quantitative estimate of drug-likeness (QED) is 0.753. The highest BCUT2D eigenvalue weighted by atomic mass is 32.2. The molecule has 0 saturated carbocycles. The largest absolute Gasteiger partial charge is 0.495 e. The zero-order valence-electron chi connectivity index (χ0n) is 7.78. The molecule has 76 valence electrons. The van der Waals surface area contributed by atoms with Crippen molar-refractivity contribution in [2.45, 2.75) is 4.90 Å². The highest BCUT2D eigenvalue weighted by Crippen LogP contribution is 2.34. The fraction of sp³-hybridized carbons (Fsp3) is 0.333. The van der Waals surface area contributed by atoms with Crippen molar-refractivity contribution in [2.75, 3.05) is 24.7 Å². The highest BCUT2D eigenvalue weighted by molar-refractivity contribution is 7.91. The van der Waals surface area contributed by atoms with E-state index in [0.29, 0.717) is 22.9 Å². The first-order valence-corrected chi connectivity index (χ1v) is 5.94. The number of anilines is 1. The Morgan fingerprint density at radius 1 is 1.43 bits per heavy atom. The molecule has 0 fully saturated rings. The molecule has 0 amide bonds. The molecule has 1 aliphatic heterocycles. The summed E-state index contributed by atoms with van der Waals surface area (Å²) in [5, 5.41) is 3.03. The average Bonchev–Trinajstić information content (AvgIpc) is 2.17. The fourth-order valence-corrected chi connectivity index (χ4v) is 2.90. The van der Waals surface area contributed by atoms with Crippen LogP contribution in [0.3, 0.4) is 0 Å². The van der Waals surface area contributed by atoms with Crippen molar-refractivity contribution < 1.29 is 13.2 Å². The maximum Gasteiger partial charge on any atom is 0.182 e. The lowest BCUT2D eigenvalue weighted by Crippen LogP contribution is -2.23. The minimum atomic E-state index is -3.12. The smallest absolute Gasteiger partial charge is 0.182 e. The van der Waals surface area contributed by atoms with Gasteiger partial charge >= 0.3 is 0 Å². The van der Waals surface area contributed by atoms with Crippen LogP contribution in [0.4, 0.5) is 5.69 Å². The number of fused-ring (bicyclic) bond motifs is 1. The van der Waals surface area contributed by atoms with Crippen LogP contribution in [0.1, 0.15) is 0 Å². The Labute approximate surface area is 82.8 Å². The third kappa shape index (κ3) is 1.33. The van der Waals surface area contributed by atoms with Crippen molar-refractivity contribution in [1.29, 1.82) is 0 Å². The lowest BCUT2D eigenvalue weighted by Gasteiger charge is -2.20. The van der Waals surface area contributed by atoms with E-state index in [2.05, 4.69) is 5.32 Å². The molecule has 2 rings (SSSR count). The second-order valence-corrected chi connectivity index (χ2v) is 5.16. The second-order valence-electron chi connectivity index (χ2n) is 3.08. The Hall–Kier alpha value is -1.23. The Morgan fingerprint density at radius 3 is 2.93 bits per heavy atom. The molecule has 0 atom stereocenters. The van der Waals surface area contributed by atoms with Gasteiger partial charge in [-0.3, -0.25) is 0 Å². The molecule has 14 heavy (non-hydrogen) atoms. The van der Waals surface area contributed by atoms with Crippen LogP contribution in [0, 0.1) is 0 Å². The van der Waals surface area contributed by atoms with Gasteiger partial charge in [-0.05, 0) is 12.1 Å². The van der Waals surface area contributed by atoms with Crippen LogP contribution in [0.15, 0.2) is 23.1 Å². The number of sulfone groups is 1. The lowest BCUT2D eigenvalue weighted by molar-refractivity contribution is 0.415. The van der Waals surface area contributed by atoms with Crippen LogP contribution >= 0.6 is 0 Å². The number of ether oxygens (including phenoxy) is 1. The summed E-state index contributed by atoms with van der Waals surface area (Å²) < 4.78 is 28.4.